The van der Waals surface area contributed by atoms with Crippen molar-refractivity contribution in [2.45, 2.75) is 41.5 Å². The molecule has 0 saturated carbocycles. The van der Waals surface area contributed by atoms with Crippen LogP contribution in [0.3, 0.4) is 0 Å². The zero-order valence-electron chi connectivity index (χ0n) is 19.5. The summed E-state index contributed by atoms with van der Waals surface area (Å²) < 4.78 is 12.8. The predicted octanol–water partition coefficient (Wildman–Crippen LogP) is 2.29. The van der Waals surface area contributed by atoms with E-state index < -0.39 is 0 Å². The summed E-state index contributed by atoms with van der Waals surface area (Å²) in [5, 5.41) is 2.53. The van der Waals surface area contributed by atoms with Gasteiger partial charge in [0.2, 0.25) is 0 Å². The molecule has 0 fully saturated rings. The Labute approximate surface area is 224 Å². The summed E-state index contributed by atoms with van der Waals surface area (Å²) in [6.07, 6.45) is 7.52. The third-order valence-electron chi connectivity index (χ3n) is 5.82. The van der Waals surface area contributed by atoms with Gasteiger partial charge in [-0.1, -0.05) is 75.9 Å². The second kappa shape index (κ2) is 12.8. The average Bonchev–Trinajstić information content (AvgIpc) is 3.14. The van der Waals surface area contributed by atoms with E-state index in [1.807, 2.05) is 6.08 Å². The topological polar surface area (TPSA) is 0 Å². The molecule has 4 heteroatoms. The number of aryl methyl sites for hydroxylation is 1. The molecular weight excluding hydrogens is 517 g/mol. The fraction of sp³-hybridized carbons (Fsp3) is 0.250. The Morgan fingerprint density at radius 2 is 1.53 bits per heavy atom. The second-order valence-corrected chi connectivity index (χ2v) is 8.39. The van der Waals surface area contributed by atoms with Gasteiger partial charge < -0.3 is 24.8 Å². The zero-order valence-corrected chi connectivity index (χ0v) is 23.5. The maximum absolute atomic E-state index is 12.8. The van der Waals surface area contributed by atoms with Gasteiger partial charge in [0.1, 0.15) is 5.82 Å². The SMILES string of the molecule is CC1=[C-]C(C)(C)C(C)=C1C.Cc1cc2c(C=Cc3ccc(F)cc3)cccc2[cH-]1.[Cl-].[Cl-].[Zr+4]. The molecule has 0 N–H and O–H groups in total. The molecular formula is C28H29Cl2FZr. The zero-order chi connectivity index (χ0) is 21.2. The summed E-state index contributed by atoms with van der Waals surface area (Å²) in [4.78, 5) is 0. The summed E-state index contributed by atoms with van der Waals surface area (Å²) >= 11 is 0. The van der Waals surface area contributed by atoms with Gasteiger partial charge in [0, 0.05) is 0 Å². The van der Waals surface area contributed by atoms with E-state index >= 15 is 0 Å². The summed E-state index contributed by atoms with van der Waals surface area (Å²) in [5.41, 5.74) is 7.86. The number of fused-ring (bicyclic) bond motifs is 1. The van der Waals surface area contributed by atoms with Crippen molar-refractivity contribution in [3.8, 4) is 0 Å². The summed E-state index contributed by atoms with van der Waals surface area (Å²) in [7, 11) is 0. The first-order chi connectivity index (χ1) is 13.7. The molecule has 1 aliphatic carbocycles. The second-order valence-electron chi connectivity index (χ2n) is 8.39. The first-order valence-corrected chi connectivity index (χ1v) is 10.1. The third kappa shape index (κ3) is 7.34. The molecule has 0 spiro atoms. The number of hydrogen-bond acceptors (Lipinski definition) is 0. The van der Waals surface area contributed by atoms with E-state index in [1.165, 1.54) is 50.8 Å². The summed E-state index contributed by atoms with van der Waals surface area (Å²) in [5.74, 6) is -0.203. The number of halogens is 3. The molecule has 0 bridgehead atoms. The van der Waals surface area contributed by atoms with Crippen molar-refractivity contribution < 1.29 is 55.4 Å². The first-order valence-electron chi connectivity index (χ1n) is 10.1. The number of benzene rings is 2. The minimum atomic E-state index is -0.203. The van der Waals surface area contributed by atoms with E-state index in [-0.39, 0.29) is 62.2 Å². The largest absolute Gasteiger partial charge is 4.00 e. The van der Waals surface area contributed by atoms with Crippen LogP contribution in [0, 0.1) is 24.2 Å². The standard InChI is InChI=1S/C18H14F.C10H15.2ClH.Zr/c1-13-11-16-4-2-3-15(18(16)12-13)8-5-14-6-9-17(19)10-7-14;1-7-6-10(4,5)9(3)8(7)2;;;/h2-12H,1H3;1-5H3;2*1H;/q2*-1;;;+4/p-2. The van der Waals surface area contributed by atoms with E-state index in [0.717, 1.165) is 5.56 Å². The van der Waals surface area contributed by atoms with Gasteiger partial charge in [-0.25, -0.2) is 9.96 Å². The van der Waals surface area contributed by atoms with Gasteiger partial charge in [-0.05, 0) is 17.7 Å². The quantitative estimate of drug-likeness (QED) is 0.342. The Morgan fingerprint density at radius 3 is 2.03 bits per heavy atom. The van der Waals surface area contributed by atoms with Crippen LogP contribution in [0.1, 0.15) is 51.3 Å². The molecule has 0 amide bonds. The van der Waals surface area contributed by atoms with E-state index in [2.05, 4.69) is 84.0 Å². The molecule has 0 radical (unpaired) electrons. The first kappa shape index (κ1) is 30.7. The fourth-order valence-electron chi connectivity index (χ4n) is 3.72. The Kier molecular flexibility index (Phi) is 12.2. The molecule has 0 heterocycles. The van der Waals surface area contributed by atoms with Crippen LogP contribution in [-0.2, 0) is 26.2 Å². The van der Waals surface area contributed by atoms with Gasteiger partial charge in [0.05, 0.1) is 0 Å². The van der Waals surface area contributed by atoms with Crippen LogP contribution < -0.4 is 24.8 Å². The van der Waals surface area contributed by atoms with Crippen LogP contribution in [-0.4, -0.2) is 0 Å². The molecule has 0 unspecified atom stereocenters. The molecule has 0 aromatic heterocycles. The van der Waals surface area contributed by atoms with Crippen LogP contribution in [0.5, 0.6) is 0 Å². The van der Waals surface area contributed by atoms with Gasteiger partial charge in [-0.2, -0.15) is 17.2 Å². The van der Waals surface area contributed by atoms with Crippen molar-refractivity contribution in [1.82, 2.24) is 0 Å². The van der Waals surface area contributed by atoms with Gasteiger partial charge in [0.15, 0.2) is 0 Å². The maximum atomic E-state index is 12.8. The van der Waals surface area contributed by atoms with Crippen LogP contribution in [0.4, 0.5) is 4.39 Å². The van der Waals surface area contributed by atoms with Crippen LogP contribution in [0.2, 0.25) is 0 Å². The number of allylic oxidation sites excluding steroid dienone is 4. The van der Waals surface area contributed by atoms with Crippen molar-refractivity contribution in [2.75, 3.05) is 0 Å². The summed E-state index contributed by atoms with van der Waals surface area (Å²) in [6.45, 7) is 13.0. The molecule has 0 nitrogen and oxygen atoms in total. The number of rotatable bonds is 2. The van der Waals surface area contributed by atoms with Crippen molar-refractivity contribution in [1.29, 1.82) is 0 Å². The molecule has 0 aliphatic heterocycles. The van der Waals surface area contributed by atoms with Crippen LogP contribution >= 0.6 is 0 Å². The molecule has 166 valence electrons. The van der Waals surface area contributed by atoms with Gasteiger partial charge in [-0.15, -0.1) is 41.5 Å². The van der Waals surface area contributed by atoms with Crippen molar-refractivity contribution >= 4 is 22.9 Å². The smallest absolute Gasteiger partial charge is 1.00 e. The van der Waals surface area contributed by atoms with Crippen molar-refractivity contribution in [2.24, 2.45) is 5.41 Å². The average molecular weight is 547 g/mol. The van der Waals surface area contributed by atoms with E-state index in [1.54, 1.807) is 12.1 Å². The Balaban J connectivity index is 0.000000642. The van der Waals surface area contributed by atoms with E-state index in [4.69, 9.17) is 0 Å². The van der Waals surface area contributed by atoms with Crippen LogP contribution in [0.15, 0.2) is 71.3 Å². The number of hydrogen-bond donors (Lipinski definition) is 0. The molecule has 4 rings (SSSR count). The molecule has 32 heavy (non-hydrogen) atoms. The van der Waals surface area contributed by atoms with E-state index in [0.29, 0.717) is 0 Å². The normalized spacial score (nSPS) is 14.2. The Bertz CT molecular complexity index is 1120. The molecule has 0 atom stereocenters. The molecule has 1 aliphatic rings. The fourth-order valence-corrected chi connectivity index (χ4v) is 3.72. The van der Waals surface area contributed by atoms with Gasteiger partial charge in [0.25, 0.3) is 0 Å². The molecule has 3 aromatic carbocycles. The predicted molar refractivity (Wildman–Crippen MR) is 124 cm³/mol. The monoisotopic (exact) mass is 544 g/mol. The molecule has 3 aromatic rings. The Morgan fingerprint density at radius 1 is 0.906 bits per heavy atom. The minimum absolute atomic E-state index is 0. The maximum Gasteiger partial charge on any atom is 4.00 e. The minimum Gasteiger partial charge on any atom is -1.00 e. The van der Waals surface area contributed by atoms with Crippen LogP contribution in [0.25, 0.3) is 22.9 Å². The van der Waals surface area contributed by atoms with Crippen molar-refractivity contribution in [3.63, 3.8) is 0 Å². The summed E-state index contributed by atoms with van der Waals surface area (Å²) in [6, 6.07) is 17.2. The Hall–Kier alpha value is -1.34. The van der Waals surface area contributed by atoms with Gasteiger partial charge in [-0.3, -0.25) is 6.08 Å². The molecule has 0 saturated heterocycles. The van der Waals surface area contributed by atoms with E-state index in [9.17, 15) is 4.39 Å². The van der Waals surface area contributed by atoms with Gasteiger partial charge >= 0.3 is 26.2 Å². The van der Waals surface area contributed by atoms with Crippen molar-refractivity contribution in [3.05, 3.63) is 99.9 Å². The third-order valence-corrected chi connectivity index (χ3v) is 5.82.